The standard InChI is InChI=1S/C9H13NO3/c10-7-3-1-6(2-4-7)9(13)8(12)5-11/h1-4,8-9,11-13H,5,10H2/t8-,9+/m0/s1. The molecular weight excluding hydrogens is 170 g/mol. The molecule has 0 aliphatic rings. The van der Waals surface area contributed by atoms with E-state index in [4.69, 9.17) is 15.9 Å². The van der Waals surface area contributed by atoms with Crippen LogP contribution in [0, 0.1) is 0 Å². The van der Waals surface area contributed by atoms with Crippen LogP contribution < -0.4 is 5.73 Å². The summed E-state index contributed by atoms with van der Waals surface area (Å²) < 4.78 is 0. The lowest BCUT2D eigenvalue weighted by Crippen LogP contribution is -2.21. The van der Waals surface area contributed by atoms with Crippen LogP contribution in [0.4, 0.5) is 5.69 Å². The third kappa shape index (κ3) is 2.42. The molecule has 0 spiro atoms. The fourth-order valence-electron chi connectivity index (χ4n) is 1.02. The Morgan fingerprint density at radius 2 is 1.69 bits per heavy atom. The fourth-order valence-corrected chi connectivity index (χ4v) is 1.02. The van der Waals surface area contributed by atoms with Crippen LogP contribution in [0.2, 0.25) is 0 Å². The molecule has 0 unspecified atom stereocenters. The summed E-state index contributed by atoms with van der Waals surface area (Å²) in [6.45, 7) is -0.467. The topological polar surface area (TPSA) is 86.7 Å². The molecule has 0 heterocycles. The Labute approximate surface area is 76.2 Å². The van der Waals surface area contributed by atoms with Crippen molar-refractivity contribution in [3.05, 3.63) is 29.8 Å². The fraction of sp³-hybridized carbons (Fsp3) is 0.333. The maximum absolute atomic E-state index is 9.43. The maximum Gasteiger partial charge on any atom is 0.107 e. The quantitative estimate of drug-likeness (QED) is 0.483. The summed E-state index contributed by atoms with van der Waals surface area (Å²) in [5, 5.41) is 27.1. The molecule has 4 nitrogen and oxygen atoms in total. The summed E-state index contributed by atoms with van der Waals surface area (Å²) in [6, 6.07) is 6.48. The number of rotatable bonds is 3. The maximum atomic E-state index is 9.43. The predicted octanol–water partition coefficient (Wildman–Crippen LogP) is -0.345. The average molecular weight is 183 g/mol. The van der Waals surface area contributed by atoms with Crippen molar-refractivity contribution in [2.45, 2.75) is 12.2 Å². The minimum Gasteiger partial charge on any atom is -0.399 e. The zero-order valence-corrected chi connectivity index (χ0v) is 7.09. The largest absolute Gasteiger partial charge is 0.399 e. The van der Waals surface area contributed by atoms with E-state index in [-0.39, 0.29) is 0 Å². The number of anilines is 1. The Morgan fingerprint density at radius 3 is 2.15 bits per heavy atom. The van der Waals surface area contributed by atoms with E-state index >= 15 is 0 Å². The van der Waals surface area contributed by atoms with Crippen LogP contribution >= 0.6 is 0 Å². The first-order valence-corrected chi connectivity index (χ1v) is 3.97. The van der Waals surface area contributed by atoms with Crippen molar-refractivity contribution in [3.8, 4) is 0 Å². The van der Waals surface area contributed by atoms with Gasteiger partial charge in [0.25, 0.3) is 0 Å². The SMILES string of the molecule is Nc1ccc([C@@H](O)[C@@H](O)CO)cc1. The molecular formula is C9H13NO3. The van der Waals surface area contributed by atoms with Gasteiger partial charge in [0.05, 0.1) is 6.61 Å². The van der Waals surface area contributed by atoms with E-state index in [0.717, 1.165) is 0 Å². The molecule has 1 rings (SSSR count). The molecule has 72 valence electrons. The number of aliphatic hydroxyl groups excluding tert-OH is 3. The van der Waals surface area contributed by atoms with Crippen LogP contribution in [0.3, 0.4) is 0 Å². The Bertz CT molecular complexity index is 260. The Balaban J connectivity index is 2.77. The van der Waals surface area contributed by atoms with E-state index in [0.29, 0.717) is 11.3 Å². The molecule has 1 aromatic carbocycles. The highest BCUT2D eigenvalue weighted by molar-refractivity contribution is 5.39. The van der Waals surface area contributed by atoms with Gasteiger partial charge in [0.15, 0.2) is 0 Å². The van der Waals surface area contributed by atoms with Crippen LogP contribution in [0.5, 0.6) is 0 Å². The average Bonchev–Trinajstić information content (AvgIpc) is 2.17. The lowest BCUT2D eigenvalue weighted by Gasteiger charge is -2.15. The van der Waals surface area contributed by atoms with Gasteiger partial charge in [0, 0.05) is 5.69 Å². The molecule has 0 fully saturated rings. The first kappa shape index (κ1) is 9.98. The van der Waals surface area contributed by atoms with E-state index in [9.17, 15) is 5.11 Å². The normalized spacial score (nSPS) is 15.3. The predicted molar refractivity (Wildman–Crippen MR) is 48.9 cm³/mol. The Kier molecular flexibility index (Phi) is 3.25. The highest BCUT2D eigenvalue weighted by Gasteiger charge is 2.16. The Hall–Kier alpha value is -1.10. The van der Waals surface area contributed by atoms with Gasteiger partial charge in [-0.2, -0.15) is 0 Å². The van der Waals surface area contributed by atoms with Crippen LogP contribution in [0.1, 0.15) is 11.7 Å². The van der Waals surface area contributed by atoms with E-state index in [2.05, 4.69) is 0 Å². The summed E-state index contributed by atoms with van der Waals surface area (Å²) in [5.74, 6) is 0. The van der Waals surface area contributed by atoms with Crippen molar-refractivity contribution in [2.24, 2.45) is 0 Å². The van der Waals surface area contributed by atoms with Gasteiger partial charge in [-0.3, -0.25) is 0 Å². The third-order valence-corrected chi connectivity index (χ3v) is 1.83. The molecule has 0 saturated heterocycles. The van der Waals surface area contributed by atoms with Crippen molar-refractivity contribution >= 4 is 5.69 Å². The van der Waals surface area contributed by atoms with Crippen molar-refractivity contribution < 1.29 is 15.3 Å². The van der Waals surface area contributed by atoms with E-state index in [1.807, 2.05) is 0 Å². The summed E-state index contributed by atoms with van der Waals surface area (Å²) in [6.07, 6.45) is -2.21. The van der Waals surface area contributed by atoms with E-state index < -0.39 is 18.8 Å². The minimum atomic E-state index is -1.15. The summed E-state index contributed by atoms with van der Waals surface area (Å²) in [7, 11) is 0. The second kappa shape index (κ2) is 4.23. The molecule has 0 saturated carbocycles. The summed E-state index contributed by atoms with van der Waals surface area (Å²) in [5.41, 5.74) is 6.57. The number of hydrogen-bond acceptors (Lipinski definition) is 4. The highest BCUT2D eigenvalue weighted by Crippen LogP contribution is 2.17. The second-order valence-corrected chi connectivity index (χ2v) is 2.86. The Morgan fingerprint density at radius 1 is 1.15 bits per heavy atom. The number of aliphatic hydroxyl groups is 3. The number of hydrogen-bond donors (Lipinski definition) is 4. The van der Waals surface area contributed by atoms with Crippen LogP contribution in [-0.2, 0) is 0 Å². The molecule has 0 radical (unpaired) electrons. The van der Waals surface area contributed by atoms with Crippen LogP contribution in [0.25, 0.3) is 0 Å². The van der Waals surface area contributed by atoms with Crippen LogP contribution in [0.15, 0.2) is 24.3 Å². The van der Waals surface area contributed by atoms with Gasteiger partial charge in [-0.25, -0.2) is 0 Å². The number of benzene rings is 1. The van der Waals surface area contributed by atoms with Gasteiger partial charge in [-0.15, -0.1) is 0 Å². The number of nitrogen functional groups attached to an aromatic ring is 1. The molecule has 0 aliphatic carbocycles. The van der Waals surface area contributed by atoms with Crippen molar-refractivity contribution in [3.63, 3.8) is 0 Å². The molecule has 2 atom stereocenters. The van der Waals surface area contributed by atoms with Gasteiger partial charge < -0.3 is 21.1 Å². The summed E-state index contributed by atoms with van der Waals surface area (Å²) >= 11 is 0. The van der Waals surface area contributed by atoms with E-state index in [1.54, 1.807) is 24.3 Å². The molecule has 1 aromatic rings. The van der Waals surface area contributed by atoms with Crippen molar-refractivity contribution in [1.82, 2.24) is 0 Å². The van der Waals surface area contributed by atoms with E-state index in [1.165, 1.54) is 0 Å². The smallest absolute Gasteiger partial charge is 0.107 e. The first-order chi connectivity index (χ1) is 6.15. The molecule has 0 amide bonds. The van der Waals surface area contributed by atoms with Crippen molar-refractivity contribution in [1.29, 1.82) is 0 Å². The minimum absolute atomic E-state index is 0.467. The molecule has 4 heteroatoms. The van der Waals surface area contributed by atoms with Gasteiger partial charge in [0.1, 0.15) is 12.2 Å². The molecule has 0 aromatic heterocycles. The first-order valence-electron chi connectivity index (χ1n) is 3.97. The van der Waals surface area contributed by atoms with Crippen LogP contribution in [-0.4, -0.2) is 28.0 Å². The summed E-state index contributed by atoms with van der Waals surface area (Å²) in [4.78, 5) is 0. The molecule has 13 heavy (non-hydrogen) atoms. The van der Waals surface area contributed by atoms with Crippen molar-refractivity contribution in [2.75, 3.05) is 12.3 Å². The van der Waals surface area contributed by atoms with Gasteiger partial charge in [0.2, 0.25) is 0 Å². The highest BCUT2D eigenvalue weighted by atomic mass is 16.4. The zero-order chi connectivity index (χ0) is 9.84. The zero-order valence-electron chi connectivity index (χ0n) is 7.09. The molecule has 0 aliphatic heterocycles. The third-order valence-electron chi connectivity index (χ3n) is 1.83. The molecule has 0 bridgehead atoms. The number of nitrogens with two attached hydrogens (primary N) is 1. The monoisotopic (exact) mass is 183 g/mol. The van der Waals surface area contributed by atoms with Gasteiger partial charge in [-0.05, 0) is 17.7 Å². The molecule has 5 N–H and O–H groups in total. The van der Waals surface area contributed by atoms with Gasteiger partial charge >= 0.3 is 0 Å². The second-order valence-electron chi connectivity index (χ2n) is 2.86. The van der Waals surface area contributed by atoms with Gasteiger partial charge in [-0.1, -0.05) is 12.1 Å². The lowest BCUT2D eigenvalue weighted by atomic mass is 10.0. The lowest BCUT2D eigenvalue weighted by molar-refractivity contribution is -0.0152.